The molecule has 0 radical (unpaired) electrons. The minimum Gasteiger partial charge on any atom is -0.393 e. The lowest BCUT2D eigenvalue weighted by atomic mass is 10.0. The summed E-state index contributed by atoms with van der Waals surface area (Å²) in [6.07, 6.45) is 0.961. The molecule has 2 N–H and O–H groups in total. The van der Waals surface area contributed by atoms with E-state index >= 15 is 0 Å². The number of likely N-dealkylation sites (N-methyl/N-ethyl adjacent to an activating group) is 1. The molecule has 0 fully saturated rings. The summed E-state index contributed by atoms with van der Waals surface area (Å²) in [5.41, 5.74) is 6.51. The lowest BCUT2D eigenvalue weighted by Gasteiger charge is -2.17. The smallest absolute Gasteiger partial charge is 0.226 e. The van der Waals surface area contributed by atoms with Crippen molar-refractivity contribution in [1.82, 2.24) is 4.90 Å². The molecule has 0 aliphatic rings. The fourth-order valence-electron chi connectivity index (χ4n) is 2.15. The molecule has 1 amide bonds. The predicted molar refractivity (Wildman–Crippen MR) is 86.7 cm³/mol. The number of benzene rings is 2. The van der Waals surface area contributed by atoms with Crippen molar-refractivity contribution < 1.29 is 4.79 Å². The Hall–Kier alpha value is -1.94. The standard InChI is InChI=1S/C16H18N2OS/c1-18(10-9-15(17)20)16(19)11-13-7-4-6-12-5-2-3-8-14(12)13/h2-8H,9-11H2,1H3,(H2,17,20). The summed E-state index contributed by atoms with van der Waals surface area (Å²) in [5.74, 6) is 0.0811. The normalized spacial score (nSPS) is 10.4. The molecule has 0 aromatic heterocycles. The molecule has 0 atom stereocenters. The maximum Gasteiger partial charge on any atom is 0.226 e. The van der Waals surface area contributed by atoms with E-state index in [-0.39, 0.29) is 5.91 Å². The summed E-state index contributed by atoms with van der Waals surface area (Å²) in [4.78, 5) is 14.3. The zero-order chi connectivity index (χ0) is 14.5. The number of carbonyl (C=O) groups excluding carboxylic acids is 1. The second-order valence-electron chi connectivity index (χ2n) is 4.85. The molecule has 0 saturated carbocycles. The molecule has 0 aliphatic heterocycles. The van der Waals surface area contributed by atoms with Gasteiger partial charge < -0.3 is 10.6 Å². The van der Waals surface area contributed by atoms with E-state index in [1.54, 1.807) is 11.9 Å². The lowest BCUT2D eigenvalue weighted by molar-refractivity contribution is -0.129. The van der Waals surface area contributed by atoms with E-state index in [0.29, 0.717) is 24.4 Å². The van der Waals surface area contributed by atoms with Crippen molar-refractivity contribution in [2.24, 2.45) is 5.73 Å². The average molecular weight is 286 g/mol. The van der Waals surface area contributed by atoms with Gasteiger partial charge in [-0.3, -0.25) is 4.79 Å². The molecule has 2 rings (SSSR count). The van der Waals surface area contributed by atoms with E-state index in [4.69, 9.17) is 18.0 Å². The average Bonchev–Trinajstić information content (AvgIpc) is 2.45. The van der Waals surface area contributed by atoms with Gasteiger partial charge in [0.1, 0.15) is 0 Å². The molecule has 4 heteroatoms. The number of thiocarbonyl (C=S) groups is 1. The van der Waals surface area contributed by atoms with Crippen LogP contribution in [0.15, 0.2) is 42.5 Å². The highest BCUT2D eigenvalue weighted by Crippen LogP contribution is 2.19. The van der Waals surface area contributed by atoms with Crippen molar-refractivity contribution in [3.8, 4) is 0 Å². The van der Waals surface area contributed by atoms with Gasteiger partial charge in [0.15, 0.2) is 0 Å². The Bertz CT molecular complexity index is 634. The van der Waals surface area contributed by atoms with Crippen molar-refractivity contribution in [2.45, 2.75) is 12.8 Å². The van der Waals surface area contributed by atoms with Gasteiger partial charge in [-0.2, -0.15) is 0 Å². The molecule has 0 spiro atoms. The Morgan fingerprint density at radius 3 is 2.65 bits per heavy atom. The Morgan fingerprint density at radius 1 is 1.20 bits per heavy atom. The molecular formula is C16H18N2OS. The largest absolute Gasteiger partial charge is 0.393 e. The second-order valence-corrected chi connectivity index (χ2v) is 5.37. The van der Waals surface area contributed by atoms with Crippen LogP contribution in [0.2, 0.25) is 0 Å². The minimum atomic E-state index is 0.0811. The van der Waals surface area contributed by atoms with E-state index in [1.165, 1.54) is 0 Å². The summed E-state index contributed by atoms with van der Waals surface area (Å²) < 4.78 is 0. The first-order chi connectivity index (χ1) is 9.58. The van der Waals surface area contributed by atoms with Crippen LogP contribution in [-0.2, 0) is 11.2 Å². The zero-order valence-electron chi connectivity index (χ0n) is 11.5. The van der Waals surface area contributed by atoms with Crippen LogP contribution in [0.4, 0.5) is 0 Å². The van der Waals surface area contributed by atoms with Gasteiger partial charge in [0.2, 0.25) is 5.91 Å². The van der Waals surface area contributed by atoms with E-state index in [0.717, 1.165) is 16.3 Å². The quantitative estimate of drug-likeness (QED) is 0.859. The molecule has 0 unspecified atom stereocenters. The number of carbonyl (C=O) groups is 1. The Kier molecular flexibility index (Phi) is 4.69. The van der Waals surface area contributed by atoms with Gasteiger partial charge in [-0.25, -0.2) is 0 Å². The highest BCUT2D eigenvalue weighted by molar-refractivity contribution is 7.80. The summed E-state index contributed by atoms with van der Waals surface area (Å²) in [6.45, 7) is 0.568. The van der Waals surface area contributed by atoms with Gasteiger partial charge in [-0.15, -0.1) is 0 Å². The number of hydrogen-bond acceptors (Lipinski definition) is 2. The molecule has 104 valence electrons. The van der Waals surface area contributed by atoms with Crippen molar-refractivity contribution in [3.63, 3.8) is 0 Å². The molecule has 0 bridgehead atoms. The topological polar surface area (TPSA) is 46.3 Å². The van der Waals surface area contributed by atoms with Crippen molar-refractivity contribution >= 4 is 33.9 Å². The first kappa shape index (κ1) is 14.5. The van der Waals surface area contributed by atoms with E-state index in [2.05, 4.69) is 12.1 Å². The number of hydrogen-bond donors (Lipinski definition) is 1. The van der Waals surface area contributed by atoms with Crippen LogP contribution in [0.3, 0.4) is 0 Å². The fourth-order valence-corrected chi connectivity index (χ4v) is 2.24. The third-order valence-electron chi connectivity index (χ3n) is 3.34. The number of nitrogens with two attached hydrogens (primary N) is 1. The van der Waals surface area contributed by atoms with E-state index in [1.807, 2.05) is 30.3 Å². The Morgan fingerprint density at radius 2 is 1.90 bits per heavy atom. The number of amides is 1. The number of fused-ring (bicyclic) bond motifs is 1. The van der Waals surface area contributed by atoms with Gasteiger partial charge in [-0.05, 0) is 16.3 Å². The van der Waals surface area contributed by atoms with Crippen molar-refractivity contribution in [2.75, 3.05) is 13.6 Å². The first-order valence-electron chi connectivity index (χ1n) is 6.57. The van der Waals surface area contributed by atoms with Crippen molar-refractivity contribution in [1.29, 1.82) is 0 Å². The molecule has 3 nitrogen and oxygen atoms in total. The van der Waals surface area contributed by atoms with Gasteiger partial charge >= 0.3 is 0 Å². The van der Waals surface area contributed by atoms with Gasteiger partial charge in [0, 0.05) is 20.0 Å². The SMILES string of the molecule is CN(CCC(N)=S)C(=O)Cc1cccc2ccccc12. The Balaban J connectivity index is 2.12. The van der Waals surface area contributed by atoms with Crippen LogP contribution in [0.1, 0.15) is 12.0 Å². The van der Waals surface area contributed by atoms with Crippen molar-refractivity contribution in [3.05, 3.63) is 48.0 Å². The molecule has 0 saturated heterocycles. The van der Waals surface area contributed by atoms with Crippen LogP contribution in [0.5, 0.6) is 0 Å². The second kappa shape index (κ2) is 6.48. The first-order valence-corrected chi connectivity index (χ1v) is 6.97. The molecular weight excluding hydrogens is 268 g/mol. The van der Waals surface area contributed by atoms with Crippen LogP contribution >= 0.6 is 12.2 Å². The van der Waals surface area contributed by atoms with Gasteiger partial charge in [0.05, 0.1) is 11.4 Å². The highest BCUT2D eigenvalue weighted by atomic mass is 32.1. The summed E-state index contributed by atoms with van der Waals surface area (Å²) in [6, 6.07) is 14.1. The summed E-state index contributed by atoms with van der Waals surface area (Å²) in [5, 5.41) is 2.29. The van der Waals surface area contributed by atoms with Gasteiger partial charge in [-0.1, -0.05) is 54.7 Å². The van der Waals surface area contributed by atoms with Crippen LogP contribution < -0.4 is 5.73 Å². The maximum atomic E-state index is 12.2. The maximum absolute atomic E-state index is 12.2. The zero-order valence-corrected chi connectivity index (χ0v) is 12.3. The number of nitrogens with zero attached hydrogens (tertiary/aromatic N) is 1. The molecule has 2 aromatic carbocycles. The van der Waals surface area contributed by atoms with Gasteiger partial charge in [0.25, 0.3) is 0 Å². The lowest BCUT2D eigenvalue weighted by Crippen LogP contribution is -2.31. The summed E-state index contributed by atoms with van der Waals surface area (Å²) in [7, 11) is 1.78. The highest BCUT2D eigenvalue weighted by Gasteiger charge is 2.11. The summed E-state index contributed by atoms with van der Waals surface area (Å²) >= 11 is 4.83. The third kappa shape index (κ3) is 3.54. The molecule has 0 aliphatic carbocycles. The van der Waals surface area contributed by atoms with Crippen LogP contribution in [0, 0.1) is 0 Å². The van der Waals surface area contributed by atoms with E-state index < -0.39 is 0 Å². The fraction of sp³-hybridized carbons (Fsp3) is 0.250. The Labute approximate surface area is 124 Å². The monoisotopic (exact) mass is 286 g/mol. The third-order valence-corrected chi connectivity index (χ3v) is 3.55. The molecule has 2 aromatic rings. The van der Waals surface area contributed by atoms with E-state index in [9.17, 15) is 4.79 Å². The van der Waals surface area contributed by atoms with Crippen LogP contribution in [-0.4, -0.2) is 29.4 Å². The number of rotatable bonds is 5. The van der Waals surface area contributed by atoms with Crippen LogP contribution in [0.25, 0.3) is 10.8 Å². The molecule has 0 heterocycles. The minimum absolute atomic E-state index is 0.0811. The predicted octanol–water partition coefficient (Wildman–Crippen LogP) is 2.52. The molecule has 20 heavy (non-hydrogen) atoms.